The van der Waals surface area contributed by atoms with Gasteiger partial charge in [0, 0.05) is 25.2 Å². The lowest BCUT2D eigenvalue weighted by Crippen LogP contribution is -2.36. The van der Waals surface area contributed by atoms with Crippen LogP contribution in [0, 0.1) is 16.0 Å². The molecule has 1 aliphatic rings. The third kappa shape index (κ3) is 4.20. The van der Waals surface area contributed by atoms with Gasteiger partial charge in [-0.1, -0.05) is 42.5 Å². The van der Waals surface area contributed by atoms with Gasteiger partial charge in [0.25, 0.3) is 5.69 Å². The third-order valence-corrected chi connectivity index (χ3v) is 4.34. The number of hydrogen-bond acceptors (Lipinski definition) is 5. The van der Waals surface area contributed by atoms with E-state index in [-0.39, 0.29) is 23.6 Å². The summed E-state index contributed by atoms with van der Waals surface area (Å²) in [4.78, 5) is 22.8. The Bertz CT molecular complexity index is 734. The average Bonchev–Trinajstić information content (AvgIpc) is 3.12. The zero-order chi connectivity index (χ0) is 17.6. The number of rotatable bonds is 6. The van der Waals surface area contributed by atoms with E-state index in [2.05, 4.69) is 16.2 Å². The van der Waals surface area contributed by atoms with E-state index >= 15 is 0 Å². The second-order valence-corrected chi connectivity index (χ2v) is 5.98. The Morgan fingerprint density at radius 3 is 2.56 bits per heavy atom. The van der Waals surface area contributed by atoms with Crippen molar-refractivity contribution in [3.8, 4) is 0 Å². The monoisotopic (exact) mass is 340 g/mol. The molecule has 0 spiro atoms. The van der Waals surface area contributed by atoms with E-state index in [0.717, 1.165) is 12.0 Å². The molecule has 1 fully saturated rings. The van der Waals surface area contributed by atoms with Crippen LogP contribution in [0.25, 0.3) is 0 Å². The lowest BCUT2D eigenvalue weighted by molar-refractivity contribution is -0.384. The lowest BCUT2D eigenvalue weighted by atomic mass is 9.94. The quantitative estimate of drug-likeness (QED) is 0.550. The molecule has 1 saturated heterocycles. The van der Waals surface area contributed by atoms with Gasteiger partial charge in [0.05, 0.1) is 16.9 Å². The zero-order valence-corrected chi connectivity index (χ0v) is 13.6. The van der Waals surface area contributed by atoms with Crippen molar-refractivity contribution in [3.63, 3.8) is 0 Å². The molecule has 1 heterocycles. The standard InChI is InChI=1S/C18H20N4O3/c23-18(19-11-10-13-4-2-1-3-5-13)16-12-20-21-17(16)14-6-8-15(9-7-14)22(24)25/h1-9,16-17,20-21H,10-12H2,(H,19,23). The molecule has 130 valence electrons. The molecule has 7 heteroatoms. The summed E-state index contributed by atoms with van der Waals surface area (Å²) in [5.74, 6) is -0.297. The third-order valence-electron chi connectivity index (χ3n) is 4.34. The number of nitro groups is 1. The Kier molecular flexibility index (Phi) is 5.37. The van der Waals surface area contributed by atoms with Gasteiger partial charge in [0.15, 0.2) is 0 Å². The van der Waals surface area contributed by atoms with Gasteiger partial charge >= 0.3 is 0 Å². The Labute approximate surface area is 145 Å². The van der Waals surface area contributed by atoms with E-state index in [1.54, 1.807) is 12.1 Å². The van der Waals surface area contributed by atoms with Crippen molar-refractivity contribution < 1.29 is 9.72 Å². The Balaban J connectivity index is 1.58. The predicted octanol–water partition coefficient (Wildman–Crippen LogP) is 1.72. The summed E-state index contributed by atoms with van der Waals surface area (Å²) >= 11 is 0. The number of hydrazine groups is 1. The normalized spacial score (nSPS) is 19.5. The van der Waals surface area contributed by atoms with Crippen molar-refractivity contribution in [1.29, 1.82) is 0 Å². The predicted molar refractivity (Wildman–Crippen MR) is 93.6 cm³/mol. The molecule has 3 N–H and O–H groups in total. The summed E-state index contributed by atoms with van der Waals surface area (Å²) in [5, 5.41) is 13.7. The molecule has 0 radical (unpaired) electrons. The van der Waals surface area contributed by atoms with Crippen molar-refractivity contribution in [1.82, 2.24) is 16.2 Å². The molecule has 2 atom stereocenters. The second kappa shape index (κ2) is 7.87. The zero-order valence-electron chi connectivity index (χ0n) is 13.6. The van der Waals surface area contributed by atoms with Gasteiger partial charge < -0.3 is 5.32 Å². The molecule has 0 bridgehead atoms. The second-order valence-electron chi connectivity index (χ2n) is 5.98. The highest BCUT2D eigenvalue weighted by Gasteiger charge is 2.33. The minimum atomic E-state index is -0.433. The fourth-order valence-electron chi connectivity index (χ4n) is 2.97. The molecule has 2 unspecified atom stereocenters. The van der Waals surface area contributed by atoms with Crippen molar-refractivity contribution in [2.45, 2.75) is 12.5 Å². The van der Waals surface area contributed by atoms with E-state index in [1.165, 1.54) is 17.7 Å². The van der Waals surface area contributed by atoms with Crippen LogP contribution in [0.3, 0.4) is 0 Å². The van der Waals surface area contributed by atoms with Crippen molar-refractivity contribution >= 4 is 11.6 Å². The highest BCUT2D eigenvalue weighted by molar-refractivity contribution is 5.80. The molecule has 0 aromatic heterocycles. The summed E-state index contributed by atoms with van der Waals surface area (Å²) in [7, 11) is 0. The van der Waals surface area contributed by atoms with Gasteiger partial charge in [0.1, 0.15) is 0 Å². The van der Waals surface area contributed by atoms with Gasteiger partial charge in [0.2, 0.25) is 5.91 Å². The fraction of sp³-hybridized carbons (Fsp3) is 0.278. The van der Waals surface area contributed by atoms with Crippen LogP contribution in [-0.2, 0) is 11.2 Å². The van der Waals surface area contributed by atoms with E-state index in [0.29, 0.717) is 13.1 Å². The van der Waals surface area contributed by atoms with Gasteiger partial charge in [-0.2, -0.15) is 0 Å². The van der Waals surface area contributed by atoms with Gasteiger partial charge in [-0.05, 0) is 17.5 Å². The molecule has 3 rings (SSSR count). The molecule has 2 aromatic rings. The number of carbonyl (C=O) groups excluding carboxylic acids is 1. The lowest BCUT2D eigenvalue weighted by Gasteiger charge is -2.18. The number of nitrogens with one attached hydrogen (secondary N) is 3. The average molecular weight is 340 g/mol. The highest BCUT2D eigenvalue weighted by atomic mass is 16.6. The summed E-state index contributed by atoms with van der Waals surface area (Å²) in [6, 6.07) is 16.1. The van der Waals surface area contributed by atoms with Crippen LogP contribution >= 0.6 is 0 Å². The first-order valence-corrected chi connectivity index (χ1v) is 8.19. The Morgan fingerprint density at radius 2 is 1.88 bits per heavy atom. The Morgan fingerprint density at radius 1 is 1.16 bits per heavy atom. The molecule has 2 aromatic carbocycles. The summed E-state index contributed by atoms with van der Waals surface area (Å²) < 4.78 is 0. The van der Waals surface area contributed by atoms with Crippen LogP contribution in [0.4, 0.5) is 5.69 Å². The first-order chi connectivity index (χ1) is 12.1. The van der Waals surface area contributed by atoms with Crippen LogP contribution in [-0.4, -0.2) is 23.9 Å². The van der Waals surface area contributed by atoms with Crippen LogP contribution in [0.2, 0.25) is 0 Å². The number of nitrogens with zero attached hydrogens (tertiary/aromatic N) is 1. The number of carbonyl (C=O) groups is 1. The number of nitro benzene ring substituents is 1. The van der Waals surface area contributed by atoms with Crippen molar-refractivity contribution in [2.75, 3.05) is 13.1 Å². The number of hydrogen-bond donors (Lipinski definition) is 3. The largest absolute Gasteiger partial charge is 0.355 e. The first-order valence-electron chi connectivity index (χ1n) is 8.19. The molecule has 0 aliphatic carbocycles. The summed E-state index contributed by atoms with van der Waals surface area (Å²) in [6.07, 6.45) is 0.780. The number of amides is 1. The molecule has 1 aliphatic heterocycles. The van der Waals surface area contributed by atoms with E-state index in [1.807, 2.05) is 30.3 Å². The smallest absolute Gasteiger partial charge is 0.269 e. The minimum absolute atomic E-state index is 0.0308. The van der Waals surface area contributed by atoms with Crippen LogP contribution in [0.15, 0.2) is 54.6 Å². The molecule has 1 amide bonds. The first kappa shape index (κ1) is 17.1. The maximum atomic E-state index is 12.5. The van der Waals surface area contributed by atoms with Crippen molar-refractivity contribution in [3.05, 3.63) is 75.8 Å². The topological polar surface area (TPSA) is 96.3 Å². The summed E-state index contributed by atoms with van der Waals surface area (Å²) in [6.45, 7) is 1.09. The maximum absolute atomic E-state index is 12.5. The highest BCUT2D eigenvalue weighted by Crippen LogP contribution is 2.26. The van der Waals surface area contributed by atoms with E-state index in [4.69, 9.17) is 0 Å². The number of benzene rings is 2. The van der Waals surface area contributed by atoms with Gasteiger partial charge in [-0.3, -0.25) is 20.3 Å². The van der Waals surface area contributed by atoms with Crippen LogP contribution < -0.4 is 16.2 Å². The van der Waals surface area contributed by atoms with E-state index in [9.17, 15) is 14.9 Å². The SMILES string of the molecule is O=C(NCCc1ccccc1)C1CNNC1c1ccc([N+](=O)[O-])cc1. The van der Waals surface area contributed by atoms with Crippen LogP contribution in [0.5, 0.6) is 0 Å². The molecule has 25 heavy (non-hydrogen) atoms. The molecule has 0 saturated carbocycles. The van der Waals surface area contributed by atoms with Gasteiger partial charge in [-0.15, -0.1) is 0 Å². The summed E-state index contributed by atoms with van der Waals surface area (Å²) in [5.41, 5.74) is 8.15. The minimum Gasteiger partial charge on any atom is -0.355 e. The molecular formula is C18H20N4O3. The number of non-ortho nitro benzene ring substituents is 1. The van der Waals surface area contributed by atoms with Crippen molar-refractivity contribution in [2.24, 2.45) is 5.92 Å². The molecule has 7 nitrogen and oxygen atoms in total. The maximum Gasteiger partial charge on any atom is 0.269 e. The van der Waals surface area contributed by atoms with E-state index < -0.39 is 4.92 Å². The Hall–Kier alpha value is -2.77. The van der Waals surface area contributed by atoms with Gasteiger partial charge in [-0.25, -0.2) is 5.43 Å². The molecular weight excluding hydrogens is 320 g/mol. The fourth-order valence-corrected chi connectivity index (χ4v) is 2.97. The van der Waals surface area contributed by atoms with Crippen LogP contribution in [0.1, 0.15) is 17.2 Å².